The van der Waals surface area contributed by atoms with Gasteiger partial charge in [-0.3, -0.25) is 0 Å². The van der Waals surface area contributed by atoms with Crippen LogP contribution in [0.4, 0.5) is 0 Å². The van der Waals surface area contributed by atoms with Crippen LogP contribution < -0.4 is 28.4 Å². The zero-order chi connectivity index (χ0) is 37.6. The van der Waals surface area contributed by atoms with E-state index in [1.165, 1.54) is 0 Å². The van der Waals surface area contributed by atoms with Gasteiger partial charge in [0.05, 0.1) is 80.2 Å². The number of ether oxygens (including phenoxy) is 6. The highest BCUT2D eigenvalue weighted by Gasteiger charge is 2.34. The van der Waals surface area contributed by atoms with Crippen molar-refractivity contribution < 1.29 is 54.9 Å². The average molecular weight is 733 g/mol. The molecule has 8 rings (SSSR count). The van der Waals surface area contributed by atoms with Crippen molar-refractivity contribution in [3.8, 4) is 102 Å². The summed E-state index contributed by atoms with van der Waals surface area (Å²) in [6.45, 7) is 0. The SMILES string of the molecule is COc1c(-c2ccco2)c(OC)c(-c2ccco2)c(OC)c1-c1ccco1.COc1c(-c2ccco2)c(OC)c(-c2ccco2)c(OC)c1-c1ccco1. The zero-order valence-corrected chi connectivity index (χ0v) is 30.3. The third-order valence-electron chi connectivity index (χ3n) is 8.55. The molecule has 12 heteroatoms. The molecule has 12 nitrogen and oxygen atoms in total. The topological polar surface area (TPSA) is 134 Å². The van der Waals surface area contributed by atoms with Gasteiger partial charge in [0.2, 0.25) is 0 Å². The lowest BCUT2D eigenvalue weighted by Crippen LogP contribution is -2.01. The van der Waals surface area contributed by atoms with Gasteiger partial charge in [-0.1, -0.05) is 0 Å². The molecule has 8 aromatic rings. The van der Waals surface area contributed by atoms with Gasteiger partial charge in [0, 0.05) is 0 Å². The fraction of sp³-hybridized carbons (Fsp3) is 0.143. The molecule has 0 spiro atoms. The summed E-state index contributed by atoms with van der Waals surface area (Å²) in [5.41, 5.74) is 3.85. The number of benzene rings is 2. The first-order chi connectivity index (χ1) is 26.6. The van der Waals surface area contributed by atoms with Crippen LogP contribution in [0.15, 0.2) is 137 Å². The molecule has 54 heavy (non-hydrogen) atoms. The van der Waals surface area contributed by atoms with E-state index in [0.717, 1.165) is 0 Å². The van der Waals surface area contributed by atoms with E-state index in [-0.39, 0.29) is 0 Å². The first kappa shape index (κ1) is 35.3. The highest BCUT2D eigenvalue weighted by molar-refractivity contribution is 5.98. The van der Waals surface area contributed by atoms with Crippen molar-refractivity contribution in [1.29, 1.82) is 0 Å². The molecule has 6 heterocycles. The lowest BCUT2D eigenvalue weighted by atomic mass is 9.95. The summed E-state index contributed by atoms with van der Waals surface area (Å²) >= 11 is 0. The Labute approximate surface area is 309 Å². The summed E-state index contributed by atoms with van der Waals surface area (Å²) in [7, 11) is 9.50. The minimum Gasteiger partial charge on any atom is -0.495 e. The molecule has 0 amide bonds. The number of methoxy groups -OCH3 is 6. The molecular weight excluding hydrogens is 696 g/mol. The lowest BCUT2D eigenvalue weighted by molar-refractivity contribution is 0.376. The van der Waals surface area contributed by atoms with Gasteiger partial charge in [0.15, 0.2) is 0 Å². The van der Waals surface area contributed by atoms with E-state index < -0.39 is 0 Å². The van der Waals surface area contributed by atoms with Gasteiger partial charge in [0.25, 0.3) is 0 Å². The number of furan rings is 6. The predicted octanol–water partition coefficient (Wildman–Crippen LogP) is 11.0. The van der Waals surface area contributed by atoms with Crippen LogP contribution >= 0.6 is 0 Å². The van der Waals surface area contributed by atoms with Crippen LogP contribution in [-0.4, -0.2) is 42.7 Å². The van der Waals surface area contributed by atoms with Gasteiger partial charge in [-0.25, -0.2) is 0 Å². The largest absolute Gasteiger partial charge is 0.495 e. The van der Waals surface area contributed by atoms with Crippen LogP contribution in [0.1, 0.15) is 0 Å². The van der Waals surface area contributed by atoms with Crippen molar-refractivity contribution in [2.24, 2.45) is 0 Å². The van der Waals surface area contributed by atoms with Crippen molar-refractivity contribution >= 4 is 0 Å². The van der Waals surface area contributed by atoms with Crippen molar-refractivity contribution in [3.63, 3.8) is 0 Å². The Kier molecular flexibility index (Phi) is 10.2. The first-order valence-corrected chi connectivity index (χ1v) is 16.5. The fourth-order valence-corrected chi connectivity index (χ4v) is 6.46. The molecule has 0 aliphatic carbocycles. The summed E-state index contributed by atoms with van der Waals surface area (Å²) in [6.07, 6.45) is 9.57. The molecule has 2 aromatic carbocycles. The summed E-state index contributed by atoms with van der Waals surface area (Å²) in [4.78, 5) is 0. The van der Waals surface area contributed by atoms with Gasteiger partial charge in [-0.15, -0.1) is 0 Å². The van der Waals surface area contributed by atoms with E-state index >= 15 is 0 Å². The smallest absolute Gasteiger partial charge is 0.148 e. The second-order valence-corrected chi connectivity index (χ2v) is 11.3. The molecule has 0 saturated carbocycles. The Balaban J connectivity index is 0.000000167. The summed E-state index contributed by atoms with van der Waals surface area (Å²) in [5, 5.41) is 0. The highest BCUT2D eigenvalue weighted by atomic mass is 16.5. The maximum Gasteiger partial charge on any atom is 0.148 e. The normalized spacial score (nSPS) is 10.8. The molecule has 6 aromatic heterocycles. The minimum absolute atomic E-state index is 0.518. The van der Waals surface area contributed by atoms with Crippen molar-refractivity contribution in [3.05, 3.63) is 110 Å². The van der Waals surface area contributed by atoms with Crippen LogP contribution in [0.5, 0.6) is 34.5 Å². The second kappa shape index (κ2) is 15.7. The summed E-state index contributed by atoms with van der Waals surface area (Å²) in [5.74, 6) is 6.64. The van der Waals surface area contributed by atoms with Crippen LogP contribution in [0.2, 0.25) is 0 Å². The molecule has 0 fully saturated rings. The van der Waals surface area contributed by atoms with Gasteiger partial charge < -0.3 is 54.9 Å². The molecule has 0 atom stereocenters. The first-order valence-electron chi connectivity index (χ1n) is 16.5. The van der Waals surface area contributed by atoms with E-state index in [1.54, 1.807) is 117 Å². The predicted molar refractivity (Wildman–Crippen MR) is 198 cm³/mol. The Morgan fingerprint density at radius 3 is 0.500 bits per heavy atom. The highest BCUT2D eigenvalue weighted by Crippen LogP contribution is 2.58. The maximum atomic E-state index is 5.77. The van der Waals surface area contributed by atoms with Gasteiger partial charge in [-0.2, -0.15) is 0 Å². The quantitative estimate of drug-likeness (QED) is 0.118. The van der Waals surface area contributed by atoms with E-state index in [9.17, 15) is 0 Å². The monoisotopic (exact) mass is 732 g/mol. The van der Waals surface area contributed by atoms with Crippen LogP contribution in [0.3, 0.4) is 0 Å². The van der Waals surface area contributed by atoms with Gasteiger partial charge in [0.1, 0.15) is 102 Å². The van der Waals surface area contributed by atoms with E-state index in [0.29, 0.717) is 102 Å². The van der Waals surface area contributed by atoms with Crippen molar-refractivity contribution in [2.45, 2.75) is 0 Å². The average Bonchev–Trinajstić information content (AvgIpc) is 4.07. The molecular formula is C42H36O12. The summed E-state index contributed by atoms with van der Waals surface area (Å²) < 4.78 is 68.6. The fourth-order valence-electron chi connectivity index (χ4n) is 6.46. The van der Waals surface area contributed by atoms with Gasteiger partial charge in [-0.05, 0) is 72.8 Å². The molecule has 0 aliphatic rings. The molecule has 0 unspecified atom stereocenters. The molecule has 0 saturated heterocycles. The third kappa shape index (κ3) is 6.13. The Morgan fingerprint density at radius 2 is 0.407 bits per heavy atom. The number of rotatable bonds is 12. The van der Waals surface area contributed by atoms with Crippen molar-refractivity contribution in [2.75, 3.05) is 42.7 Å². The molecule has 276 valence electrons. The number of hydrogen-bond acceptors (Lipinski definition) is 12. The van der Waals surface area contributed by atoms with Gasteiger partial charge >= 0.3 is 0 Å². The van der Waals surface area contributed by atoms with Crippen molar-refractivity contribution in [1.82, 2.24) is 0 Å². The lowest BCUT2D eigenvalue weighted by Gasteiger charge is -2.21. The Hall–Kier alpha value is -7.08. The third-order valence-corrected chi connectivity index (χ3v) is 8.55. The van der Waals surface area contributed by atoms with E-state index in [4.69, 9.17) is 54.9 Å². The van der Waals surface area contributed by atoms with E-state index in [2.05, 4.69) is 0 Å². The van der Waals surface area contributed by atoms with Crippen LogP contribution in [0.25, 0.3) is 67.9 Å². The van der Waals surface area contributed by atoms with Crippen LogP contribution in [-0.2, 0) is 0 Å². The summed E-state index contributed by atoms with van der Waals surface area (Å²) in [6, 6.07) is 21.8. The zero-order valence-electron chi connectivity index (χ0n) is 30.3. The molecule has 0 bridgehead atoms. The Morgan fingerprint density at radius 1 is 0.259 bits per heavy atom. The second-order valence-electron chi connectivity index (χ2n) is 11.3. The molecule has 0 radical (unpaired) electrons. The van der Waals surface area contributed by atoms with E-state index in [1.807, 2.05) is 36.4 Å². The molecule has 0 N–H and O–H groups in total. The number of hydrogen-bond donors (Lipinski definition) is 0. The minimum atomic E-state index is 0.518. The standard InChI is InChI=1S/2C21H18O6/c2*1-22-19-16(13-7-4-10-25-13)20(23-2)18(15-9-6-12-27-15)21(24-3)17(19)14-8-5-11-26-14/h2*4-12H,1-3H3. The molecule has 0 aliphatic heterocycles. The maximum absolute atomic E-state index is 5.77. The Bertz CT molecular complexity index is 1880. The van der Waals surface area contributed by atoms with Crippen LogP contribution in [0, 0.1) is 0 Å².